The van der Waals surface area contributed by atoms with Crippen molar-refractivity contribution in [1.29, 1.82) is 0 Å². The number of anilines is 1. The van der Waals surface area contributed by atoms with Gasteiger partial charge in [0.25, 0.3) is 11.5 Å². The molecule has 24 heavy (non-hydrogen) atoms. The van der Waals surface area contributed by atoms with E-state index in [1.165, 1.54) is 0 Å². The fourth-order valence-electron chi connectivity index (χ4n) is 2.38. The van der Waals surface area contributed by atoms with E-state index in [1.54, 1.807) is 36.4 Å². The van der Waals surface area contributed by atoms with Crippen molar-refractivity contribution in [3.05, 3.63) is 64.6 Å². The molecule has 2 aromatic carbocycles. The number of carbonyl (C=O) groups excluding carboxylic acids is 1. The molecule has 3 aromatic rings. The van der Waals surface area contributed by atoms with Gasteiger partial charge in [0.15, 0.2) is 5.69 Å². The molecule has 1 amide bonds. The SMILES string of the molecule is CCCOc1ccccc1NC(=O)c1n[nH]c(=O)c2ccccc12. The van der Waals surface area contributed by atoms with Crippen molar-refractivity contribution < 1.29 is 9.53 Å². The first-order chi connectivity index (χ1) is 11.7. The lowest BCUT2D eigenvalue weighted by Gasteiger charge is -2.12. The molecule has 1 heterocycles. The first-order valence-electron chi connectivity index (χ1n) is 7.71. The summed E-state index contributed by atoms with van der Waals surface area (Å²) in [5, 5.41) is 9.99. The van der Waals surface area contributed by atoms with E-state index >= 15 is 0 Å². The van der Waals surface area contributed by atoms with E-state index in [-0.39, 0.29) is 11.3 Å². The molecule has 0 bridgehead atoms. The highest BCUT2D eigenvalue weighted by Gasteiger charge is 2.15. The number of aromatic nitrogens is 2. The van der Waals surface area contributed by atoms with Crippen LogP contribution in [0.25, 0.3) is 10.8 Å². The largest absolute Gasteiger partial charge is 0.491 e. The molecule has 2 N–H and O–H groups in total. The second kappa shape index (κ2) is 6.95. The summed E-state index contributed by atoms with van der Waals surface area (Å²) in [6.45, 7) is 2.57. The van der Waals surface area contributed by atoms with Crippen LogP contribution >= 0.6 is 0 Å². The summed E-state index contributed by atoms with van der Waals surface area (Å²) in [5.74, 6) is 0.191. The minimum Gasteiger partial charge on any atom is -0.491 e. The lowest BCUT2D eigenvalue weighted by molar-refractivity contribution is 0.102. The molecular weight excluding hydrogens is 306 g/mol. The Morgan fingerprint density at radius 2 is 1.83 bits per heavy atom. The second-order valence-electron chi connectivity index (χ2n) is 5.25. The van der Waals surface area contributed by atoms with Gasteiger partial charge in [-0.2, -0.15) is 5.10 Å². The highest BCUT2D eigenvalue weighted by Crippen LogP contribution is 2.25. The number of H-pyrrole nitrogens is 1. The maximum Gasteiger partial charge on any atom is 0.276 e. The summed E-state index contributed by atoms with van der Waals surface area (Å²) in [5.41, 5.74) is 0.400. The van der Waals surface area contributed by atoms with Crippen molar-refractivity contribution in [3.8, 4) is 5.75 Å². The summed E-state index contributed by atoms with van der Waals surface area (Å²) in [7, 11) is 0. The molecular formula is C18H17N3O3. The molecule has 0 atom stereocenters. The van der Waals surface area contributed by atoms with E-state index in [9.17, 15) is 9.59 Å². The van der Waals surface area contributed by atoms with Crippen molar-refractivity contribution in [2.75, 3.05) is 11.9 Å². The first-order valence-corrected chi connectivity index (χ1v) is 7.71. The molecule has 0 aliphatic heterocycles. The van der Waals surface area contributed by atoms with E-state index in [0.717, 1.165) is 6.42 Å². The van der Waals surface area contributed by atoms with Crippen LogP contribution in [0.15, 0.2) is 53.3 Å². The van der Waals surface area contributed by atoms with Gasteiger partial charge in [-0.25, -0.2) is 5.10 Å². The van der Waals surface area contributed by atoms with Gasteiger partial charge in [0, 0.05) is 5.39 Å². The zero-order valence-corrected chi connectivity index (χ0v) is 13.2. The number of nitrogens with one attached hydrogen (secondary N) is 2. The van der Waals surface area contributed by atoms with Crippen molar-refractivity contribution in [3.63, 3.8) is 0 Å². The summed E-state index contributed by atoms with van der Waals surface area (Å²) < 4.78 is 5.64. The third-order valence-corrected chi connectivity index (χ3v) is 3.51. The quantitative estimate of drug-likeness (QED) is 0.756. The van der Waals surface area contributed by atoms with E-state index in [2.05, 4.69) is 15.5 Å². The first kappa shape index (κ1) is 15.7. The van der Waals surface area contributed by atoms with E-state index in [4.69, 9.17) is 4.74 Å². The molecule has 0 aliphatic rings. The Labute approximate surface area is 138 Å². The third kappa shape index (κ3) is 3.12. The number of para-hydroxylation sites is 2. The Morgan fingerprint density at radius 3 is 2.62 bits per heavy atom. The molecule has 122 valence electrons. The molecule has 0 fully saturated rings. The summed E-state index contributed by atoms with van der Waals surface area (Å²) >= 11 is 0. The molecule has 1 aromatic heterocycles. The summed E-state index contributed by atoms with van der Waals surface area (Å²) in [6.07, 6.45) is 0.869. The number of fused-ring (bicyclic) bond motifs is 1. The molecule has 6 heteroatoms. The predicted molar refractivity (Wildman–Crippen MR) is 92.5 cm³/mol. The number of aromatic amines is 1. The normalized spacial score (nSPS) is 10.5. The zero-order chi connectivity index (χ0) is 16.9. The molecule has 0 aliphatic carbocycles. The molecule has 3 rings (SSSR count). The molecule has 0 spiro atoms. The average molecular weight is 323 g/mol. The Morgan fingerprint density at radius 1 is 1.12 bits per heavy atom. The van der Waals surface area contributed by atoms with E-state index in [0.29, 0.717) is 28.8 Å². The van der Waals surface area contributed by atoms with Gasteiger partial charge in [-0.05, 0) is 24.6 Å². The number of carbonyl (C=O) groups is 1. The molecule has 0 saturated heterocycles. The van der Waals surface area contributed by atoms with Crippen LogP contribution in [-0.2, 0) is 0 Å². The number of nitrogens with zero attached hydrogens (tertiary/aromatic N) is 1. The van der Waals surface area contributed by atoms with Gasteiger partial charge < -0.3 is 10.1 Å². The standard InChI is InChI=1S/C18H17N3O3/c1-2-11-24-15-10-6-5-9-14(15)19-18(23)16-12-7-3-4-8-13(12)17(22)21-20-16/h3-10H,2,11H2,1H3,(H,19,23)(H,21,22). The Kier molecular flexibility index (Phi) is 4.56. The van der Waals surface area contributed by atoms with Gasteiger partial charge in [-0.15, -0.1) is 0 Å². The van der Waals surface area contributed by atoms with Crippen molar-refractivity contribution >= 4 is 22.4 Å². The van der Waals surface area contributed by atoms with Crippen molar-refractivity contribution in [2.45, 2.75) is 13.3 Å². The number of amides is 1. The smallest absolute Gasteiger partial charge is 0.276 e. The minimum absolute atomic E-state index is 0.162. The summed E-state index contributed by atoms with van der Waals surface area (Å²) in [6, 6.07) is 14.1. The maximum atomic E-state index is 12.6. The second-order valence-corrected chi connectivity index (χ2v) is 5.25. The number of rotatable bonds is 5. The maximum absolute atomic E-state index is 12.6. The summed E-state index contributed by atoms with van der Waals surface area (Å²) in [4.78, 5) is 24.4. The fourth-order valence-corrected chi connectivity index (χ4v) is 2.38. The van der Waals surface area contributed by atoms with Gasteiger partial charge in [-0.1, -0.05) is 37.3 Å². The van der Waals surface area contributed by atoms with Gasteiger partial charge >= 0.3 is 0 Å². The van der Waals surface area contributed by atoms with Crippen LogP contribution in [0.4, 0.5) is 5.69 Å². The number of ether oxygens (including phenoxy) is 1. The van der Waals surface area contributed by atoms with Crippen LogP contribution in [0.1, 0.15) is 23.8 Å². The van der Waals surface area contributed by atoms with Gasteiger partial charge in [0.1, 0.15) is 5.75 Å². The van der Waals surface area contributed by atoms with Crippen LogP contribution in [0.5, 0.6) is 5.75 Å². The average Bonchev–Trinajstić information content (AvgIpc) is 2.61. The van der Waals surface area contributed by atoms with Gasteiger partial charge in [-0.3, -0.25) is 9.59 Å². The van der Waals surface area contributed by atoms with E-state index in [1.807, 2.05) is 19.1 Å². The van der Waals surface area contributed by atoms with Crippen LogP contribution in [-0.4, -0.2) is 22.7 Å². The lowest BCUT2D eigenvalue weighted by atomic mass is 10.1. The highest BCUT2D eigenvalue weighted by molar-refractivity contribution is 6.11. The molecule has 0 unspecified atom stereocenters. The van der Waals surface area contributed by atoms with Crippen LogP contribution in [0.2, 0.25) is 0 Å². The highest BCUT2D eigenvalue weighted by atomic mass is 16.5. The molecule has 0 radical (unpaired) electrons. The Bertz CT molecular complexity index is 934. The predicted octanol–water partition coefficient (Wildman–Crippen LogP) is 2.96. The van der Waals surface area contributed by atoms with Gasteiger partial charge in [0.05, 0.1) is 17.7 Å². The molecule has 6 nitrogen and oxygen atoms in total. The van der Waals surface area contributed by atoms with Gasteiger partial charge in [0.2, 0.25) is 0 Å². The fraction of sp³-hybridized carbons (Fsp3) is 0.167. The van der Waals surface area contributed by atoms with Crippen LogP contribution in [0.3, 0.4) is 0 Å². The number of benzene rings is 2. The monoisotopic (exact) mass is 323 g/mol. The minimum atomic E-state index is -0.407. The Hall–Kier alpha value is -3.15. The number of hydrogen-bond donors (Lipinski definition) is 2. The van der Waals surface area contributed by atoms with Crippen LogP contribution in [0, 0.1) is 0 Å². The van der Waals surface area contributed by atoms with Crippen LogP contribution < -0.4 is 15.6 Å². The topological polar surface area (TPSA) is 84.1 Å². The number of hydrogen-bond acceptors (Lipinski definition) is 4. The lowest BCUT2D eigenvalue weighted by Crippen LogP contribution is -2.19. The van der Waals surface area contributed by atoms with E-state index < -0.39 is 5.91 Å². The van der Waals surface area contributed by atoms with Crippen molar-refractivity contribution in [1.82, 2.24) is 10.2 Å². The molecule has 0 saturated carbocycles. The van der Waals surface area contributed by atoms with Crippen molar-refractivity contribution in [2.24, 2.45) is 0 Å². The third-order valence-electron chi connectivity index (χ3n) is 3.51. The zero-order valence-electron chi connectivity index (χ0n) is 13.2. The Balaban J connectivity index is 1.94.